The second kappa shape index (κ2) is 9.53. The van der Waals surface area contributed by atoms with E-state index in [1.165, 1.54) is 23.1 Å². The maximum atomic E-state index is 12.7. The first-order chi connectivity index (χ1) is 12.8. The highest BCUT2D eigenvalue weighted by molar-refractivity contribution is 8.01. The van der Waals surface area contributed by atoms with Gasteiger partial charge < -0.3 is 10.6 Å². The minimum Gasteiger partial charge on any atom is -0.340 e. The van der Waals surface area contributed by atoms with Crippen molar-refractivity contribution in [2.45, 2.75) is 37.9 Å². The summed E-state index contributed by atoms with van der Waals surface area (Å²) in [6.07, 6.45) is 0. The number of thioether (sulfide) groups is 1. The van der Waals surface area contributed by atoms with Crippen molar-refractivity contribution < 1.29 is 9.59 Å². The van der Waals surface area contributed by atoms with E-state index < -0.39 is 6.04 Å². The normalized spacial score (nSPS) is 11.7. The summed E-state index contributed by atoms with van der Waals surface area (Å²) in [5.74, 6) is -0.356. The summed E-state index contributed by atoms with van der Waals surface area (Å²) >= 11 is 2.72. The summed E-state index contributed by atoms with van der Waals surface area (Å²) in [4.78, 5) is 29.5. The van der Waals surface area contributed by atoms with E-state index >= 15 is 0 Å². The Labute approximate surface area is 167 Å². The van der Waals surface area contributed by atoms with Gasteiger partial charge in [0.15, 0.2) is 5.13 Å². The second-order valence-electron chi connectivity index (χ2n) is 6.39. The molecule has 0 aliphatic heterocycles. The fourth-order valence-corrected chi connectivity index (χ4v) is 4.12. The predicted molar refractivity (Wildman–Crippen MR) is 109 cm³/mol. The van der Waals surface area contributed by atoms with E-state index in [4.69, 9.17) is 5.26 Å². The summed E-state index contributed by atoms with van der Waals surface area (Å²) in [6, 6.07) is 8.59. The van der Waals surface area contributed by atoms with Gasteiger partial charge in [-0.2, -0.15) is 5.26 Å². The Morgan fingerprint density at radius 3 is 2.52 bits per heavy atom. The minimum absolute atomic E-state index is 0.0899. The maximum Gasteiger partial charge on any atom is 0.251 e. The molecule has 0 aliphatic carbocycles. The number of anilines is 1. The van der Waals surface area contributed by atoms with Gasteiger partial charge in [0.25, 0.3) is 5.91 Å². The Morgan fingerprint density at radius 1 is 1.26 bits per heavy atom. The largest absolute Gasteiger partial charge is 0.340 e. The Morgan fingerprint density at radius 2 is 1.93 bits per heavy atom. The van der Waals surface area contributed by atoms with Gasteiger partial charge in [-0.15, -0.1) is 0 Å². The van der Waals surface area contributed by atoms with Crippen LogP contribution in [0.2, 0.25) is 0 Å². The average Bonchev–Trinajstić information content (AvgIpc) is 2.96. The predicted octanol–water partition coefficient (Wildman–Crippen LogP) is 3.77. The molecular weight excluding hydrogens is 380 g/mol. The molecule has 0 spiro atoms. The van der Waals surface area contributed by atoms with Crippen LogP contribution in [0.5, 0.6) is 0 Å². The molecule has 142 valence electrons. The highest BCUT2D eigenvalue weighted by Crippen LogP contribution is 2.31. The number of hydrogen-bond acceptors (Lipinski definition) is 6. The molecular formula is C19H22N4O2S2. The Hall–Kier alpha value is -2.37. The van der Waals surface area contributed by atoms with Crippen LogP contribution < -0.4 is 10.6 Å². The molecule has 0 bridgehead atoms. The number of aryl methyl sites for hydroxylation is 2. The van der Waals surface area contributed by atoms with E-state index in [2.05, 4.69) is 21.7 Å². The van der Waals surface area contributed by atoms with Crippen molar-refractivity contribution in [2.75, 3.05) is 11.1 Å². The van der Waals surface area contributed by atoms with E-state index in [0.717, 1.165) is 15.5 Å². The van der Waals surface area contributed by atoms with Crippen LogP contribution in [-0.2, 0) is 4.79 Å². The van der Waals surface area contributed by atoms with Crippen LogP contribution in [0.3, 0.4) is 0 Å². The smallest absolute Gasteiger partial charge is 0.251 e. The monoisotopic (exact) mass is 402 g/mol. The number of nitriles is 1. The van der Waals surface area contributed by atoms with Gasteiger partial charge in [-0.25, -0.2) is 4.98 Å². The van der Waals surface area contributed by atoms with Crippen LogP contribution in [0, 0.1) is 31.1 Å². The fraction of sp³-hybridized carbons (Fsp3) is 0.368. The number of aromatic nitrogens is 1. The summed E-state index contributed by atoms with van der Waals surface area (Å²) < 4.78 is 0.900. The van der Waals surface area contributed by atoms with Gasteiger partial charge in [0.1, 0.15) is 6.04 Å². The molecule has 27 heavy (non-hydrogen) atoms. The molecule has 2 N–H and O–H groups in total. The van der Waals surface area contributed by atoms with Crippen molar-refractivity contribution >= 4 is 40.0 Å². The maximum absolute atomic E-state index is 12.7. The molecule has 0 aliphatic rings. The van der Waals surface area contributed by atoms with Crippen LogP contribution in [0.1, 0.15) is 35.5 Å². The molecule has 1 aromatic heterocycles. The zero-order valence-corrected chi connectivity index (χ0v) is 17.3. The first kappa shape index (κ1) is 20.9. The number of amides is 2. The molecule has 0 saturated carbocycles. The molecule has 1 unspecified atom stereocenters. The Bertz CT molecular complexity index is 854. The SMILES string of the molecule is Cc1ccc(C(=O)NC(C(=O)Nc2nc(C)c(SCC#N)s2)C(C)C)cc1. The fourth-order valence-electron chi connectivity index (χ4n) is 2.32. The first-order valence-corrected chi connectivity index (χ1v) is 10.3. The van der Waals surface area contributed by atoms with Crippen molar-refractivity contribution in [3.63, 3.8) is 0 Å². The van der Waals surface area contributed by atoms with Gasteiger partial charge in [0.2, 0.25) is 5.91 Å². The Kier molecular flexibility index (Phi) is 7.39. The highest BCUT2D eigenvalue weighted by Gasteiger charge is 2.25. The number of carbonyl (C=O) groups is 2. The van der Waals surface area contributed by atoms with E-state index in [1.807, 2.05) is 39.8 Å². The highest BCUT2D eigenvalue weighted by atomic mass is 32.2. The molecule has 0 fully saturated rings. The number of thiazole rings is 1. The quantitative estimate of drug-likeness (QED) is 0.688. The molecule has 8 heteroatoms. The molecule has 2 rings (SSSR count). The molecule has 0 radical (unpaired) electrons. The van der Waals surface area contributed by atoms with E-state index in [-0.39, 0.29) is 17.7 Å². The number of rotatable bonds is 7. The third kappa shape index (κ3) is 5.81. The van der Waals surface area contributed by atoms with Gasteiger partial charge in [-0.05, 0) is 31.9 Å². The van der Waals surface area contributed by atoms with Crippen LogP contribution in [0.25, 0.3) is 0 Å². The van der Waals surface area contributed by atoms with Gasteiger partial charge >= 0.3 is 0 Å². The van der Waals surface area contributed by atoms with Crippen LogP contribution in [0.15, 0.2) is 28.5 Å². The number of nitrogens with one attached hydrogen (secondary N) is 2. The minimum atomic E-state index is -0.682. The van der Waals surface area contributed by atoms with E-state index in [9.17, 15) is 9.59 Å². The molecule has 1 atom stereocenters. The van der Waals surface area contributed by atoms with Crippen LogP contribution in [-0.4, -0.2) is 28.6 Å². The third-order valence-electron chi connectivity index (χ3n) is 3.80. The van der Waals surface area contributed by atoms with Gasteiger partial charge in [0.05, 0.1) is 21.7 Å². The van der Waals surface area contributed by atoms with Crippen molar-refractivity contribution in [3.05, 3.63) is 41.1 Å². The lowest BCUT2D eigenvalue weighted by atomic mass is 10.0. The third-order valence-corrected chi connectivity index (χ3v) is 6.10. The molecule has 1 heterocycles. The van der Waals surface area contributed by atoms with Gasteiger partial charge in [0, 0.05) is 5.56 Å². The van der Waals surface area contributed by atoms with Gasteiger partial charge in [-0.3, -0.25) is 9.59 Å². The molecule has 0 saturated heterocycles. The lowest BCUT2D eigenvalue weighted by Gasteiger charge is -2.21. The summed E-state index contributed by atoms with van der Waals surface area (Å²) in [6.45, 7) is 7.54. The molecule has 2 aromatic rings. The topological polar surface area (TPSA) is 94.9 Å². The number of carbonyl (C=O) groups excluding carboxylic acids is 2. The second-order valence-corrected chi connectivity index (χ2v) is 8.63. The van der Waals surface area contributed by atoms with Crippen molar-refractivity contribution in [2.24, 2.45) is 5.92 Å². The van der Waals surface area contributed by atoms with Crippen molar-refractivity contribution in [1.82, 2.24) is 10.3 Å². The number of nitrogens with zero attached hydrogens (tertiary/aromatic N) is 2. The van der Waals surface area contributed by atoms with Crippen molar-refractivity contribution in [3.8, 4) is 6.07 Å². The standard InChI is InChI=1S/C19H22N4O2S2/c1-11(2)15(22-16(24)14-7-5-12(3)6-8-14)17(25)23-19-21-13(4)18(27-19)26-10-9-20/h5-8,11,15H,10H2,1-4H3,(H,22,24)(H,21,23,25). The Balaban J connectivity index is 2.07. The van der Waals surface area contributed by atoms with Crippen LogP contribution >= 0.6 is 23.1 Å². The summed E-state index contributed by atoms with van der Waals surface area (Å²) in [7, 11) is 0. The van der Waals surface area contributed by atoms with Crippen molar-refractivity contribution in [1.29, 1.82) is 5.26 Å². The lowest BCUT2D eigenvalue weighted by molar-refractivity contribution is -0.118. The van der Waals surface area contributed by atoms with Gasteiger partial charge in [-0.1, -0.05) is 54.6 Å². The first-order valence-electron chi connectivity index (χ1n) is 8.47. The zero-order chi connectivity index (χ0) is 20.0. The van der Waals surface area contributed by atoms with E-state index in [0.29, 0.717) is 16.4 Å². The number of benzene rings is 1. The zero-order valence-electron chi connectivity index (χ0n) is 15.7. The molecule has 1 aromatic carbocycles. The average molecular weight is 403 g/mol. The lowest BCUT2D eigenvalue weighted by Crippen LogP contribution is -2.47. The molecule has 6 nitrogen and oxygen atoms in total. The number of hydrogen-bond donors (Lipinski definition) is 2. The molecule has 2 amide bonds. The van der Waals surface area contributed by atoms with Crippen LogP contribution in [0.4, 0.5) is 5.13 Å². The summed E-state index contributed by atoms with van der Waals surface area (Å²) in [5, 5.41) is 14.8. The summed E-state index contributed by atoms with van der Waals surface area (Å²) in [5.41, 5.74) is 2.36. The van der Waals surface area contributed by atoms with E-state index in [1.54, 1.807) is 12.1 Å².